The van der Waals surface area contributed by atoms with E-state index in [1.165, 1.54) is 11.2 Å². The van der Waals surface area contributed by atoms with Crippen LogP contribution >= 0.6 is 0 Å². The first-order valence-corrected chi connectivity index (χ1v) is 7.20. The Labute approximate surface area is 128 Å². The highest BCUT2D eigenvalue weighted by atomic mass is 16.4. The highest BCUT2D eigenvalue weighted by molar-refractivity contribution is 6.00. The van der Waals surface area contributed by atoms with Crippen LogP contribution in [0.2, 0.25) is 0 Å². The van der Waals surface area contributed by atoms with Gasteiger partial charge in [-0.15, -0.1) is 0 Å². The van der Waals surface area contributed by atoms with Crippen molar-refractivity contribution < 1.29 is 23.9 Å². The van der Waals surface area contributed by atoms with E-state index in [4.69, 9.17) is 9.52 Å². The van der Waals surface area contributed by atoms with Crippen LogP contribution in [0.4, 0.5) is 0 Å². The Morgan fingerprint density at radius 2 is 2.18 bits per heavy atom. The van der Waals surface area contributed by atoms with Crippen LogP contribution in [0.3, 0.4) is 0 Å². The quantitative estimate of drug-likeness (QED) is 0.857. The summed E-state index contributed by atoms with van der Waals surface area (Å²) in [6.07, 6.45) is 1.02. The molecule has 0 aliphatic carbocycles. The number of carboxylic acid groups (broad SMARTS) is 1. The third-order valence-corrected chi connectivity index (χ3v) is 3.73. The molecule has 7 nitrogen and oxygen atoms in total. The maximum absolute atomic E-state index is 12.8. The van der Waals surface area contributed by atoms with E-state index in [0.717, 1.165) is 0 Å². The summed E-state index contributed by atoms with van der Waals surface area (Å²) in [4.78, 5) is 37.3. The number of aryl methyl sites for hydroxylation is 1. The number of carbonyl (C=O) groups is 3. The molecule has 1 saturated heterocycles. The second kappa shape index (κ2) is 6.21. The van der Waals surface area contributed by atoms with Gasteiger partial charge >= 0.3 is 5.97 Å². The van der Waals surface area contributed by atoms with Crippen LogP contribution in [-0.4, -0.2) is 46.9 Å². The summed E-state index contributed by atoms with van der Waals surface area (Å²) in [5.41, 5.74) is 0.831. The summed E-state index contributed by atoms with van der Waals surface area (Å²) in [5, 5.41) is 11.7. The molecule has 0 aromatic carbocycles. The standard InChI is InChI=1S/C15H20N2O5/c1-8(2)13-14(20)16-4-5-17(13)15(21)12-9(3)7-22-10(12)6-11(18)19/h7-8,13H,4-6H2,1-3H3,(H,16,20)(H,18,19). The summed E-state index contributed by atoms with van der Waals surface area (Å²) in [7, 11) is 0. The Kier molecular flexibility index (Phi) is 4.54. The Morgan fingerprint density at radius 3 is 2.77 bits per heavy atom. The van der Waals surface area contributed by atoms with Crippen LogP contribution < -0.4 is 5.32 Å². The SMILES string of the molecule is Cc1coc(CC(=O)O)c1C(=O)N1CCNC(=O)C1C(C)C. The number of rotatable bonds is 4. The molecule has 7 heteroatoms. The lowest BCUT2D eigenvalue weighted by atomic mass is 9.97. The highest BCUT2D eigenvalue weighted by Crippen LogP contribution is 2.23. The number of amides is 2. The molecule has 0 bridgehead atoms. The molecule has 2 rings (SSSR count). The number of furan rings is 1. The van der Waals surface area contributed by atoms with Crippen LogP contribution in [0.25, 0.3) is 0 Å². The second-order valence-corrected chi connectivity index (χ2v) is 5.77. The number of nitrogens with one attached hydrogen (secondary N) is 1. The van der Waals surface area contributed by atoms with Gasteiger partial charge in [0, 0.05) is 18.7 Å². The maximum Gasteiger partial charge on any atom is 0.311 e. The Hall–Kier alpha value is -2.31. The Morgan fingerprint density at radius 1 is 1.50 bits per heavy atom. The van der Waals surface area contributed by atoms with Gasteiger partial charge in [-0.05, 0) is 12.8 Å². The van der Waals surface area contributed by atoms with Crippen molar-refractivity contribution in [3.8, 4) is 0 Å². The lowest BCUT2D eigenvalue weighted by molar-refractivity contribution is -0.136. The molecule has 1 unspecified atom stereocenters. The van der Waals surface area contributed by atoms with Gasteiger partial charge in [0.25, 0.3) is 5.91 Å². The zero-order valence-electron chi connectivity index (χ0n) is 12.9. The van der Waals surface area contributed by atoms with Crippen molar-refractivity contribution in [2.24, 2.45) is 5.92 Å². The second-order valence-electron chi connectivity index (χ2n) is 5.77. The van der Waals surface area contributed by atoms with E-state index in [1.54, 1.807) is 6.92 Å². The predicted octanol–water partition coefficient (Wildman–Crippen LogP) is 0.812. The minimum absolute atomic E-state index is 0.0422. The van der Waals surface area contributed by atoms with E-state index in [2.05, 4.69) is 5.32 Å². The van der Waals surface area contributed by atoms with Gasteiger partial charge in [0.2, 0.25) is 5.91 Å². The smallest absolute Gasteiger partial charge is 0.311 e. The van der Waals surface area contributed by atoms with Gasteiger partial charge in [0.1, 0.15) is 18.2 Å². The van der Waals surface area contributed by atoms with Crippen molar-refractivity contribution in [1.29, 1.82) is 0 Å². The minimum atomic E-state index is -1.07. The number of hydrogen-bond donors (Lipinski definition) is 2. The predicted molar refractivity (Wildman–Crippen MR) is 77.5 cm³/mol. The van der Waals surface area contributed by atoms with Crippen LogP contribution in [-0.2, 0) is 16.0 Å². The first-order valence-electron chi connectivity index (χ1n) is 7.20. The van der Waals surface area contributed by atoms with Gasteiger partial charge in [-0.25, -0.2) is 0 Å². The average molecular weight is 308 g/mol. The lowest BCUT2D eigenvalue weighted by Gasteiger charge is -2.37. The van der Waals surface area contributed by atoms with Crippen molar-refractivity contribution in [2.45, 2.75) is 33.2 Å². The number of nitrogens with zero attached hydrogens (tertiary/aromatic N) is 1. The topological polar surface area (TPSA) is 99.8 Å². The monoisotopic (exact) mass is 308 g/mol. The number of hydrogen-bond acceptors (Lipinski definition) is 4. The molecule has 22 heavy (non-hydrogen) atoms. The van der Waals surface area contributed by atoms with Gasteiger partial charge in [-0.1, -0.05) is 13.8 Å². The van der Waals surface area contributed by atoms with Crippen LogP contribution in [0.15, 0.2) is 10.7 Å². The Balaban J connectivity index is 2.36. The van der Waals surface area contributed by atoms with Crippen molar-refractivity contribution in [2.75, 3.05) is 13.1 Å². The van der Waals surface area contributed by atoms with Gasteiger partial charge in [-0.3, -0.25) is 14.4 Å². The molecule has 1 aromatic heterocycles. The zero-order valence-corrected chi connectivity index (χ0v) is 12.9. The molecule has 120 valence electrons. The number of carboxylic acids is 1. The number of aliphatic carboxylic acids is 1. The van der Waals surface area contributed by atoms with E-state index in [1.807, 2.05) is 13.8 Å². The zero-order chi connectivity index (χ0) is 16.4. The number of carbonyl (C=O) groups excluding carboxylic acids is 2. The molecule has 1 aromatic rings. The third-order valence-electron chi connectivity index (χ3n) is 3.73. The van der Waals surface area contributed by atoms with E-state index in [-0.39, 0.29) is 35.5 Å². The maximum atomic E-state index is 12.8. The molecule has 2 amide bonds. The lowest BCUT2D eigenvalue weighted by Crippen LogP contribution is -2.59. The summed E-state index contributed by atoms with van der Waals surface area (Å²) in [6.45, 7) is 6.21. The minimum Gasteiger partial charge on any atom is -0.481 e. The first-order chi connectivity index (χ1) is 10.3. The van der Waals surface area contributed by atoms with Gasteiger partial charge < -0.3 is 19.7 Å². The van der Waals surface area contributed by atoms with E-state index in [0.29, 0.717) is 18.7 Å². The fraction of sp³-hybridized carbons (Fsp3) is 0.533. The fourth-order valence-electron chi connectivity index (χ4n) is 2.77. The molecule has 1 aliphatic heterocycles. The molecule has 0 radical (unpaired) electrons. The van der Waals surface area contributed by atoms with E-state index >= 15 is 0 Å². The fourth-order valence-corrected chi connectivity index (χ4v) is 2.77. The van der Waals surface area contributed by atoms with E-state index < -0.39 is 12.0 Å². The summed E-state index contributed by atoms with van der Waals surface area (Å²) < 4.78 is 5.21. The van der Waals surface area contributed by atoms with E-state index in [9.17, 15) is 14.4 Å². The molecule has 2 heterocycles. The van der Waals surface area contributed by atoms with Crippen LogP contribution in [0.1, 0.15) is 35.5 Å². The number of piperazine rings is 1. The molecule has 1 aliphatic rings. The average Bonchev–Trinajstić information content (AvgIpc) is 2.77. The van der Waals surface area contributed by atoms with Crippen LogP contribution in [0, 0.1) is 12.8 Å². The third kappa shape index (κ3) is 2.98. The van der Waals surface area contributed by atoms with Crippen molar-refractivity contribution in [1.82, 2.24) is 10.2 Å². The summed E-state index contributed by atoms with van der Waals surface area (Å²) in [5.74, 6) is -1.52. The Bertz CT molecular complexity index is 605. The summed E-state index contributed by atoms with van der Waals surface area (Å²) in [6, 6.07) is -0.562. The largest absolute Gasteiger partial charge is 0.481 e. The van der Waals surface area contributed by atoms with Crippen molar-refractivity contribution in [3.63, 3.8) is 0 Å². The molecule has 1 atom stereocenters. The van der Waals surface area contributed by atoms with Gasteiger partial charge in [0.15, 0.2) is 0 Å². The van der Waals surface area contributed by atoms with Gasteiger partial charge in [-0.2, -0.15) is 0 Å². The molecule has 2 N–H and O–H groups in total. The first kappa shape index (κ1) is 16.1. The summed E-state index contributed by atoms with van der Waals surface area (Å²) >= 11 is 0. The normalized spacial score (nSPS) is 18.5. The molecular formula is C15H20N2O5. The van der Waals surface area contributed by atoms with Gasteiger partial charge in [0.05, 0.1) is 11.8 Å². The molecule has 0 spiro atoms. The molecular weight excluding hydrogens is 288 g/mol. The van der Waals surface area contributed by atoms with Crippen molar-refractivity contribution >= 4 is 17.8 Å². The molecule has 1 fully saturated rings. The van der Waals surface area contributed by atoms with Crippen molar-refractivity contribution in [3.05, 3.63) is 23.2 Å². The molecule has 0 saturated carbocycles. The van der Waals surface area contributed by atoms with Crippen LogP contribution in [0.5, 0.6) is 0 Å². The highest BCUT2D eigenvalue weighted by Gasteiger charge is 2.37.